The fraction of sp³-hybridized carbons (Fsp3) is 0.435. The van der Waals surface area contributed by atoms with Gasteiger partial charge in [0.25, 0.3) is 11.8 Å². The van der Waals surface area contributed by atoms with Gasteiger partial charge in [-0.15, -0.1) is 0 Å². The van der Waals surface area contributed by atoms with Gasteiger partial charge in [0, 0.05) is 43.4 Å². The van der Waals surface area contributed by atoms with Crippen molar-refractivity contribution in [3.05, 3.63) is 47.9 Å². The number of nitrogens with zero attached hydrogens (tertiary/aromatic N) is 4. The van der Waals surface area contributed by atoms with E-state index in [1.807, 2.05) is 12.1 Å². The molecule has 0 unspecified atom stereocenters. The lowest BCUT2D eigenvalue weighted by molar-refractivity contribution is 0.0660. The number of fused-ring (bicyclic) bond motifs is 6. The van der Waals surface area contributed by atoms with Crippen LogP contribution in [0.15, 0.2) is 35.2 Å². The highest BCUT2D eigenvalue weighted by molar-refractivity contribution is 6.07. The first-order valence-corrected chi connectivity index (χ1v) is 11.3. The molecule has 5 heterocycles. The molecule has 3 aromatic rings. The van der Waals surface area contributed by atoms with E-state index < -0.39 is 5.91 Å². The Morgan fingerprint density at radius 3 is 2.85 bits per heavy atom. The van der Waals surface area contributed by atoms with Gasteiger partial charge >= 0.3 is 0 Å². The third-order valence-electron chi connectivity index (χ3n) is 5.96. The number of hydrogen-bond acceptors (Lipinski definition) is 7. The second-order valence-corrected chi connectivity index (χ2v) is 8.31. The van der Waals surface area contributed by atoms with Crippen molar-refractivity contribution >= 4 is 17.5 Å². The molecule has 5 rings (SSSR count). The standard InChI is InChI=1S/C23H26N6O4/c30-21-19-14-33-23(27-19)15-5-9-24-16(12-15)4-2-1-3-8-25-22(31)20-18(26-21)13-29(28-20)17-6-10-32-11-7-17/h5,9,12-14,17H,1-4,6-8,10-11H2,(H,25,31)(H,26,30). The van der Waals surface area contributed by atoms with E-state index in [4.69, 9.17) is 9.15 Å². The molecule has 2 amide bonds. The lowest BCUT2D eigenvalue weighted by Gasteiger charge is -2.22. The first kappa shape index (κ1) is 21.3. The fourth-order valence-corrected chi connectivity index (χ4v) is 4.13. The Kier molecular flexibility index (Phi) is 6.16. The number of carbonyl (C=O) groups excluding carboxylic acids is 2. The second kappa shape index (κ2) is 9.53. The number of pyridine rings is 1. The number of oxazole rings is 1. The number of anilines is 1. The average Bonchev–Trinajstić information content (AvgIpc) is 3.49. The number of aromatic nitrogens is 4. The zero-order valence-electron chi connectivity index (χ0n) is 18.2. The van der Waals surface area contributed by atoms with Gasteiger partial charge in [-0.05, 0) is 44.2 Å². The summed E-state index contributed by atoms with van der Waals surface area (Å²) in [5.41, 5.74) is 2.38. The van der Waals surface area contributed by atoms with Crippen molar-refractivity contribution in [3.8, 4) is 11.5 Å². The van der Waals surface area contributed by atoms with Crippen LogP contribution < -0.4 is 10.6 Å². The predicted octanol–water partition coefficient (Wildman–Crippen LogP) is 2.99. The van der Waals surface area contributed by atoms with E-state index >= 15 is 0 Å². The lowest BCUT2D eigenvalue weighted by atomic mass is 10.1. The van der Waals surface area contributed by atoms with E-state index in [9.17, 15) is 9.59 Å². The number of ether oxygens (including phenoxy) is 1. The van der Waals surface area contributed by atoms with E-state index in [1.54, 1.807) is 17.1 Å². The molecule has 2 aliphatic heterocycles. The number of nitrogens with one attached hydrogen (secondary N) is 2. The third kappa shape index (κ3) is 4.80. The van der Waals surface area contributed by atoms with E-state index in [0.29, 0.717) is 31.3 Å². The Bertz CT molecular complexity index is 1150. The van der Waals surface area contributed by atoms with Crippen LogP contribution in [0.25, 0.3) is 11.5 Å². The molecule has 0 aliphatic carbocycles. The van der Waals surface area contributed by atoms with Gasteiger partial charge in [0.05, 0.1) is 11.7 Å². The topological polar surface area (TPSA) is 124 Å². The molecule has 0 spiro atoms. The van der Waals surface area contributed by atoms with Crippen LogP contribution in [0.2, 0.25) is 0 Å². The van der Waals surface area contributed by atoms with Gasteiger partial charge in [-0.3, -0.25) is 19.3 Å². The number of aryl methyl sites for hydroxylation is 1. The molecule has 0 saturated carbocycles. The van der Waals surface area contributed by atoms with E-state index in [0.717, 1.165) is 49.8 Å². The molecule has 0 radical (unpaired) electrons. The van der Waals surface area contributed by atoms with Gasteiger partial charge in [-0.2, -0.15) is 5.10 Å². The van der Waals surface area contributed by atoms with Crippen molar-refractivity contribution in [3.63, 3.8) is 0 Å². The zero-order chi connectivity index (χ0) is 22.6. The number of rotatable bonds is 1. The van der Waals surface area contributed by atoms with Crippen LogP contribution in [0.3, 0.4) is 0 Å². The quantitative estimate of drug-likeness (QED) is 0.584. The summed E-state index contributed by atoms with van der Waals surface area (Å²) in [5, 5.41) is 10.3. The molecular weight excluding hydrogens is 424 g/mol. The maximum Gasteiger partial charge on any atom is 0.277 e. The summed E-state index contributed by atoms with van der Waals surface area (Å²) in [5.74, 6) is -0.428. The van der Waals surface area contributed by atoms with E-state index in [2.05, 4.69) is 25.7 Å². The SMILES string of the molecule is O=C1Nc2cn(C3CCOCC3)nc2C(=O)NCCCCCc2cc(ccn2)-c2nc1co2. The van der Waals surface area contributed by atoms with Gasteiger partial charge in [-0.25, -0.2) is 4.98 Å². The van der Waals surface area contributed by atoms with Crippen LogP contribution in [0.4, 0.5) is 5.69 Å². The minimum atomic E-state index is -0.468. The van der Waals surface area contributed by atoms with Crippen molar-refractivity contribution in [2.24, 2.45) is 0 Å². The molecule has 0 aromatic carbocycles. The zero-order valence-corrected chi connectivity index (χ0v) is 18.2. The van der Waals surface area contributed by atoms with Crippen molar-refractivity contribution in [2.45, 2.75) is 44.6 Å². The Morgan fingerprint density at radius 1 is 1.09 bits per heavy atom. The summed E-state index contributed by atoms with van der Waals surface area (Å²) in [6.07, 6.45) is 9.92. The third-order valence-corrected chi connectivity index (χ3v) is 5.96. The summed E-state index contributed by atoms with van der Waals surface area (Å²) in [6.45, 7) is 1.83. The lowest BCUT2D eigenvalue weighted by Crippen LogP contribution is -2.27. The Labute approximate surface area is 190 Å². The molecule has 0 atom stereocenters. The normalized spacial score (nSPS) is 18.2. The van der Waals surface area contributed by atoms with E-state index in [-0.39, 0.29) is 23.3 Å². The highest BCUT2D eigenvalue weighted by Gasteiger charge is 2.24. The second-order valence-electron chi connectivity index (χ2n) is 8.31. The molecular formula is C23H26N6O4. The summed E-state index contributed by atoms with van der Waals surface area (Å²) in [7, 11) is 0. The van der Waals surface area contributed by atoms with Crippen molar-refractivity contribution in [1.29, 1.82) is 0 Å². The smallest absolute Gasteiger partial charge is 0.277 e. The first-order valence-electron chi connectivity index (χ1n) is 11.3. The molecule has 2 N–H and O–H groups in total. The molecule has 1 saturated heterocycles. The van der Waals surface area contributed by atoms with Crippen molar-refractivity contribution in [2.75, 3.05) is 25.1 Å². The maximum absolute atomic E-state index is 12.9. The van der Waals surface area contributed by atoms with E-state index in [1.165, 1.54) is 6.26 Å². The van der Waals surface area contributed by atoms with Gasteiger partial charge in [0.2, 0.25) is 5.89 Å². The molecule has 10 nitrogen and oxygen atoms in total. The molecule has 2 aliphatic rings. The minimum Gasteiger partial charge on any atom is -0.444 e. The largest absolute Gasteiger partial charge is 0.444 e. The number of hydrogen-bond donors (Lipinski definition) is 2. The highest BCUT2D eigenvalue weighted by Crippen LogP contribution is 2.25. The highest BCUT2D eigenvalue weighted by atomic mass is 16.5. The Balaban J connectivity index is 1.46. The molecule has 33 heavy (non-hydrogen) atoms. The predicted molar refractivity (Wildman–Crippen MR) is 119 cm³/mol. The molecule has 10 heteroatoms. The van der Waals surface area contributed by atoms with Gasteiger partial charge in [-0.1, -0.05) is 6.42 Å². The van der Waals surface area contributed by atoms with Crippen LogP contribution in [-0.4, -0.2) is 51.3 Å². The molecule has 3 aromatic heterocycles. The Morgan fingerprint density at radius 2 is 1.97 bits per heavy atom. The average molecular weight is 450 g/mol. The van der Waals surface area contributed by atoms with Crippen molar-refractivity contribution in [1.82, 2.24) is 25.1 Å². The minimum absolute atomic E-state index is 0.119. The van der Waals surface area contributed by atoms with Gasteiger partial charge < -0.3 is 19.8 Å². The molecule has 4 bridgehead atoms. The Hall–Kier alpha value is -3.53. The van der Waals surface area contributed by atoms with Crippen LogP contribution in [0.5, 0.6) is 0 Å². The molecule has 1 fully saturated rings. The van der Waals surface area contributed by atoms with Crippen LogP contribution in [0, 0.1) is 0 Å². The molecule has 172 valence electrons. The van der Waals surface area contributed by atoms with Gasteiger partial charge in [0.1, 0.15) is 6.26 Å². The monoisotopic (exact) mass is 450 g/mol. The summed E-state index contributed by atoms with van der Waals surface area (Å²) in [4.78, 5) is 34.6. The van der Waals surface area contributed by atoms with Gasteiger partial charge in [0.15, 0.2) is 11.4 Å². The van der Waals surface area contributed by atoms with Crippen molar-refractivity contribution < 1.29 is 18.7 Å². The summed E-state index contributed by atoms with van der Waals surface area (Å²) in [6, 6.07) is 3.86. The first-order chi connectivity index (χ1) is 16.2. The van der Waals surface area contributed by atoms with Crippen LogP contribution in [-0.2, 0) is 11.2 Å². The fourth-order valence-electron chi connectivity index (χ4n) is 4.13. The van der Waals surface area contributed by atoms with Crippen LogP contribution >= 0.6 is 0 Å². The maximum atomic E-state index is 12.9. The van der Waals surface area contributed by atoms with Crippen LogP contribution in [0.1, 0.15) is 64.8 Å². The summed E-state index contributed by atoms with van der Waals surface area (Å²) < 4.78 is 12.8. The summed E-state index contributed by atoms with van der Waals surface area (Å²) >= 11 is 0. The number of amides is 2. The number of carbonyl (C=O) groups is 2.